The third kappa shape index (κ3) is 15.8. The Hall–Kier alpha value is -6.62. The predicted octanol–water partition coefficient (Wildman–Crippen LogP) is 3.78. The maximum Gasteiger partial charge on any atom is 0.248 e. The minimum absolute atomic E-state index is 0.101. The summed E-state index contributed by atoms with van der Waals surface area (Å²) in [5, 5.41) is 11.3. The SMILES string of the molecule is C[C@@H](C(=O)NCCc1ccc(F)cc1)[C@@H](CN(C)C(=O)COCC(=O)N1CC(C(=O)NCCc2ccc(F)cc2)[C@H](C(=O)NCCc2ccc(F)cc2)C1)C(=O)NCCc1ccc(F)cc1. The van der Waals surface area contributed by atoms with Crippen LogP contribution < -0.4 is 21.3 Å². The van der Waals surface area contributed by atoms with E-state index < -0.39 is 78.1 Å². The van der Waals surface area contributed by atoms with E-state index in [2.05, 4.69) is 21.3 Å². The quantitative estimate of drug-likeness (QED) is 0.0823. The normalized spacial score (nSPS) is 15.3. The van der Waals surface area contributed by atoms with Crippen molar-refractivity contribution in [2.24, 2.45) is 23.7 Å². The van der Waals surface area contributed by atoms with Crippen molar-refractivity contribution in [2.45, 2.75) is 32.6 Å². The number of hydrogen-bond donors (Lipinski definition) is 4. The van der Waals surface area contributed by atoms with Crippen LogP contribution in [0.4, 0.5) is 17.6 Å². The lowest BCUT2D eigenvalue weighted by atomic mass is 9.91. The minimum Gasteiger partial charge on any atom is -0.362 e. The lowest BCUT2D eigenvalue weighted by Crippen LogP contribution is -2.48. The molecule has 4 aromatic rings. The first-order chi connectivity index (χ1) is 31.7. The van der Waals surface area contributed by atoms with Crippen LogP contribution in [0.1, 0.15) is 29.2 Å². The zero-order valence-electron chi connectivity index (χ0n) is 37.0. The second-order valence-corrected chi connectivity index (χ2v) is 16.3. The molecule has 1 aliphatic rings. The van der Waals surface area contributed by atoms with Crippen molar-refractivity contribution in [3.8, 4) is 0 Å². The van der Waals surface area contributed by atoms with Gasteiger partial charge in [-0.2, -0.15) is 0 Å². The topological polar surface area (TPSA) is 166 Å². The van der Waals surface area contributed by atoms with Crippen LogP contribution in [0.5, 0.6) is 0 Å². The summed E-state index contributed by atoms with van der Waals surface area (Å²) in [6.45, 7) is 0.853. The molecule has 17 heteroatoms. The molecule has 1 heterocycles. The summed E-state index contributed by atoms with van der Waals surface area (Å²) in [7, 11) is 1.44. The van der Waals surface area contributed by atoms with Gasteiger partial charge in [0, 0.05) is 58.8 Å². The van der Waals surface area contributed by atoms with E-state index >= 15 is 0 Å². The second-order valence-electron chi connectivity index (χ2n) is 16.3. The average Bonchev–Trinajstić information content (AvgIpc) is 3.77. The van der Waals surface area contributed by atoms with Crippen molar-refractivity contribution in [3.05, 3.63) is 143 Å². The molecule has 0 aliphatic carbocycles. The predicted molar refractivity (Wildman–Crippen MR) is 237 cm³/mol. The van der Waals surface area contributed by atoms with Crippen molar-refractivity contribution in [1.82, 2.24) is 31.1 Å². The highest BCUT2D eigenvalue weighted by Gasteiger charge is 2.43. The smallest absolute Gasteiger partial charge is 0.248 e. The molecule has 66 heavy (non-hydrogen) atoms. The monoisotopic (exact) mass is 916 g/mol. The van der Waals surface area contributed by atoms with E-state index in [1.54, 1.807) is 55.5 Å². The van der Waals surface area contributed by atoms with Crippen LogP contribution in [0.3, 0.4) is 0 Å². The molecular weight excluding hydrogens is 861 g/mol. The summed E-state index contributed by atoms with van der Waals surface area (Å²) in [6.07, 6.45) is 1.61. The Balaban J connectivity index is 1.15. The third-order valence-electron chi connectivity index (χ3n) is 11.6. The minimum atomic E-state index is -1.01. The number of carbonyl (C=O) groups excluding carboxylic acids is 6. The second kappa shape index (κ2) is 25.2. The molecule has 0 bridgehead atoms. The maximum absolute atomic E-state index is 13.6. The van der Waals surface area contributed by atoms with Gasteiger partial charge in [-0.3, -0.25) is 28.8 Å². The molecule has 0 radical (unpaired) electrons. The van der Waals surface area contributed by atoms with Crippen molar-refractivity contribution in [3.63, 3.8) is 0 Å². The Morgan fingerprint density at radius 1 is 0.561 bits per heavy atom. The van der Waals surface area contributed by atoms with Gasteiger partial charge in [-0.1, -0.05) is 55.5 Å². The summed E-state index contributed by atoms with van der Waals surface area (Å²) in [5.41, 5.74) is 3.16. The Morgan fingerprint density at radius 3 is 1.29 bits per heavy atom. The molecule has 4 N–H and O–H groups in total. The van der Waals surface area contributed by atoms with Crippen molar-refractivity contribution in [2.75, 3.05) is 66.1 Å². The number of halogens is 4. The summed E-state index contributed by atoms with van der Waals surface area (Å²) in [5.74, 6) is -8.29. The van der Waals surface area contributed by atoms with Crippen LogP contribution in [0.15, 0.2) is 97.1 Å². The van der Waals surface area contributed by atoms with E-state index in [0.29, 0.717) is 25.7 Å². The van der Waals surface area contributed by atoms with Gasteiger partial charge >= 0.3 is 0 Å². The van der Waals surface area contributed by atoms with Gasteiger partial charge in [0.05, 0.1) is 17.8 Å². The zero-order valence-corrected chi connectivity index (χ0v) is 37.0. The molecule has 5 rings (SSSR count). The largest absolute Gasteiger partial charge is 0.362 e. The summed E-state index contributed by atoms with van der Waals surface area (Å²) in [4.78, 5) is 83.2. The number of amides is 6. The zero-order chi connectivity index (χ0) is 47.6. The molecular formula is C49H56F4N6O7. The van der Waals surface area contributed by atoms with Crippen molar-refractivity contribution < 1.29 is 51.1 Å². The molecule has 0 aromatic heterocycles. The fraction of sp³-hybridized carbons (Fsp3) is 0.388. The fourth-order valence-electron chi connectivity index (χ4n) is 7.49. The van der Waals surface area contributed by atoms with Crippen LogP contribution in [-0.4, -0.2) is 111 Å². The van der Waals surface area contributed by atoms with Gasteiger partial charge in [0.15, 0.2) is 0 Å². The molecule has 1 aliphatic heterocycles. The van der Waals surface area contributed by atoms with Crippen LogP contribution in [0.25, 0.3) is 0 Å². The number of likely N-dealkylation sites (tertiary alicyclic amines) is 1. The Morgan fingerprint density at radius 2 is 0.909 bits per heavy atom. The van der Waals surface area contributed by atoms with E-state index in [1.165, 1.54) is 65.4 Å². The third-order valence-corrected chi connectivity index (χ3v) is 11.6. The standard InChI is InChI=1S/C49H56F4N6O7/c1-32(46(62)54-23-19-33-3-11-37(50)12-4-33)41(47(63)55-24-20-34-5-13-38(51)14-6-34)27-58(2)44(60)30-66-31-45(61)59-28-42(48(64)56-25-21-35-7-15-39(52)16-8-35)43(29-59)49(65)57-26-22-36-9-17-40(53)18-10-36/h3-18,32,41-43H,19-31H2,1-2H3,(H,54,62)(H,55,63)(H,56,64)(H,57,65)/t32-,41-,42-,43?/m1/s1. The Kier molecular flexibility index (Phi) is 19.2. The lowest BCUT2D eigenvalue weighted by Gasteiger charge is -2.27. The highest BCUT2D eigenvalue weighted by molar-refractivity contribution is 5.91. The Bertz CT molecular complexity index is 2180. The molecule has 1 unspecified atom stereocenters. The molecule has 4 atom stereocenters. The summed E-state index contributed by atoms with van der Waals surface area (Å²) < 4.78 is 59.1. The van der Waals surface area contributed by atoms with E-state index in [-0.39, 0.29) is 63.3 Å². The molecule has 13 nitrogen and oxygen atoms in total. The first-order valence-corrected chi connectivity index (χ1v) is 21.8. The molecule has 352 valence electrons. The van der Waals surface area contributed by atoms with Crippen molar-refractivity contribution >= 4 is 35.4 Å². The van der Waals surface area contributed by atoms with Gasteiger partial charge in [0.25, 0.3) is 0 Å². The van der Waals surface area contributed by atoms with E-state index in [1.807, 2.05) is 0 Å². The number of carbonyl (C=O) groups is 6. The number of benzene rings is 4. The summed E-state index contributed by atoms with van der Waals surface area (Å²) in [6, 6.07) is 23.4. The Labute approximate surface area is 381 Å². The highest BCUT2D eigenvalue weighted by atomic mass is 19.1. The average molecular weight is 917 g/mol. The highest BCUT2D eigenvalue weighted by Crippen LogP contribution is 2.25. The molecule has 6 amide bonds. The first-order valence-electron chi connectivity index (χ1n) is 21.8. The summed E-state index contributed by atoms with van der Waals surface area (Å²) >= 11 is 0. The van der Waals surface area contributed by atoms with E-state index in [0.717, 1.165) is 22.3 Å². The van der Waals surface area contributed by atoms with Gasteiger partial charge in [-0.25, -0.2) is 17.6 Å². The number of ether oxygens (including phenoxy) is 1. The van der Waals surface area contributed by atoms with Gasteiger partial charge in [-0.05, 0) is 96.5 Å². The molecule has 1 saturated heterocycles. The van der Waals surface area contributed by atoms with Gasteiger partial charge in [0.1, 0.15) is 36.5 Å². The maximum atomic E-state index is 13.6. The fourth-order valence-corrected chi connectivity index (χ4v) is 7.49. The van der Waals surface area contributed by atoms with Crippen LogP contribution in [-0.2, 0) is 59.2 Å². The first kappa shape index (κ1) is 50.4. The van der Waals surface area contributed by atoms with Crippen molar-refractivity contribution in [1.29, 1.82) is 0 Å². The molecule has 1 fully saturated rings. The number of likely N-dealkylation sites (N-methyl/N-ethyl adjacent to an activating group) is 1. The van der Waals surface area contributed by atoms with E-state index in [9.17, 15) is 46.3 Å². The lowest BCUT2D eigenvalue weighted by molar-refractivity contribution is -0.143. The van der Waals surface area contributed by atoms with Gasteiger partial charge < -0.3 is 35.8 Å². The van der Waals surface area contributed by atoms with Crippen LogP contribution >= 0.6 is 0 Å². The van der Waals surface area contributed by atoms with Gasteiger partial charge in [-0.15, -0.1) is 0 Å². The number of nitrogens with one attached hydrogen (secondary N) is 4. The number of nitrogens with zero attached hydrogens (tertiary/aromatic N) is 2. The van der Waals surface area contributed by atoms with Gasteiger partial charge in [0.2, 0.25) is 35.4 Å². The number of rotatable bonds is 23. The van der Waals surface area contributed by atoms with E-state index in [4.69, 9.17) is 4.74 Å². The molecule has 0 saturated carbocycles. The molecule has 4 aromatic carbocycles. The number of hydrogen-bond acceptors (Lipinski definition) is 7. The van der Waals surface area contributed by atoms with Crippen LogP contribution in [0.2, 0.25) is 0 Å². The molecule has 0 spiro atoms. The van der Waals surface area contributed by atoms with Crippen LogP contribution in [0, 0.1) is 46.9 Å².